The van der Waals surface area contributed by atoms with Gasteiger partial charge in [0.2, 0.25) is 5.91 Å². The number of carbonyl (C=O) groups excluding carboxylic acids is 3. The maximum absolute atomic E-state index is 13.9. The number of nitriles is 1. The van der Waals surface area contributed by atoms with Gasteiger partial charge in [0.05, 0.1) is 17.2 Å². The van der Waals surface area contributed by atoms with Crippen molar-refractivity contribution in [3.63, 3.8) is 0 Å². The monoisotopic (exact) mass is 387 g/mol. The molecule has 0 saturated carbocycles. The van der Waals surface area contributed by atoms with Gasteiger partial charge in [-0.05, 0) is 23.6 Å². The summed E-state index contributed by atoms with van der Waals surface area (Å²) in [5.41, 5.74) is 0.430. The zero-order chi connectivity index (χ0) is 19.4. The molecule has 9 heteroatoms. The van der Waals surface area contributed by atoms with E-state index in [0.717, 1.165) is 0 Å². The smallest absolute Gasteiger partial charge is 0.311 e. The fourth-order valence-electron chi connectivity index (χ4n) is 2.68. The zero-order valence-electron chi connectivity index (χ0n) is 14.0. The van der Waals surface area contributed by atoms with Crippen LogP contribution in [0.2, 0.25) is 0 Å². The molecule has 0 spiro atoms. The van der Waals surface area contributed by atoms with Gasteiger partial charge in [0.25, 0.3) is 5.91 Å². The predicted molar refractivity (Wildman–Crippen MR) is 95.5 cm³/mol. The van der Waals surface area contributed by atoms with Crippen LogP contribution in [-0.4, -0.2) is 30.9 Å². The molecular weight excluding hydrogens is 373 g/mol. The Balaban J connectivity index is 1.55. The molecular formula is C18H14FN3O4S. The van der Waals surface area contributed by atoms with Gasteiger partial charge in [-0.25, -0.2) is 4.39 Å². The molecule has 0 radical (unpaired) electrons. The standard InChI is InChI=1S/C18H14FN3O4S/c19-13-3-1-2-4-14(13)22-9-12(7-16(22)24)18(25)26-10-15(23)21-17-11(8-20)5-6-27-17/h1-6,12H,7,9-10H2,(H,21,23)/t12-/m0/s1. The number of thiophene rings is 1. The van der Waals surface area contributed by atoms with Crippen LogP contribution in [0.15, 0.2) is 35.7 Å². The van der Waals surface area contributed by atoms with Gasteiger partial charge in [0, 0.05) is 13.0 Å². The molecule has 7 nitrogen and oxygen atoms in total. The molecule has 1 aliphatic rings. The zero-order valence-corrected chi connectivity index (χ0v) is 14.8. The van der Waals surface area contributed by atoms with Gasteiger partial charge in [-0.2, -0.15) is 5.26 Å². The fraction of sp³-hybridized carbons (Fsp3) is 0.222. The maximum atomic E-state index is 13.9. The lowest BCUT2D eigenvalue weighted by atomic mass is 10.1. The largest absolute Gasteiger partial charge is 0.455 e. The molecule has 27 heavy (non-hydrogen) atoms. The van der Waals surface area contributed by atoms with Crippen molar-refractivity contribution in [1.29, 1.82) is 5.26 Å². The molecule has 2 aromatic rings. The number of para-hydroxylation sites is 1. The number of amides is 2. The topological polar surface area (TPSA) is 99.5 Å². The Kier molecular flexibility index (Phi) is 5.47. The number of ether oxygens (including phenoxy) is 1. The minimum absolute atomic E-state index is 0.0102. The van der Waals surface area contributed by atoms with E-state index in [1.807, 2.05) is 6.07 Å². The number of nitrogens with one attached hydrogen (secondary N) is 1. The van der Waals surface area contributed by atoms with Crippen LogP contribution in [0.3, 0.4) is 0 Å². The number of hydrogen-bond acceptors (Lipinski definition) is 6. The van der Waals surface area contributed by atoms with Gasteiger partial charge in [-0.15, -0.1) is 11.3 Å². The van der Waals surface area contributed by atoms with Crippen molar-refractivity contribution in [1.82, 2.24) is 0 Å². The molecule has 2 amide bonds. The minimum atomic E-state index is -0.777. The summed E-state index contributed by atoms with van der Waals surface area (Å²) in [6.45, 7) is -0.546. The molecule has 0 bridgehead atoms. The predicted octanol–water partition coefficient (Wildman–Crippen LogP) is 2.29. The van der Waals surface area contributed by atoms with Crippen molar-refractivity contribution in [2.45, 2.75) is 6.42 Å². The summed E-state index contributed by atoms with van der Waals surface area (Å²) in [6.07, 6.45) is -0.113. The van der Waals surface area contributed by atoms with E-state index in [0.29, 0.717) is 10.6 Å². The van der Waals surface area contributed by atoms with Crippen molar-refractivity contribution in [3.8, 4) is 6.07 Å². The first-order valence-corrected chi connectivity index (χ1v) is 8.86. The number of rotatable bonds is 5. The number of anilines is 2. The summed E-state index contributed by atoms with van der Waals surface area (Å²) in [5.74, 6) is -3.00. The number of esters is 1. The molecule has 1 atom stereocenters. The highest BCUT2D eigenvalue weighted by Crippen LogP contribution is 2.28. The molecule has 3 rings (SSSR count). The Labute approximate surface area is 158 Å². The number of benzene rings is 1. The third-order valence-corrected chi connectivity index (χ3v) is 4.82. The molecule has 1 saturated heterocycles. The second-order valence-electron chi connectivity index (χ2n) is 5.79. The average Bonchev–Trinajstić information content (AvgIpc) is 3.26. The maximum Gasteiger partial charge on any atom is 0.311 e. The summed E-state index contributed by atoms with van der Waals surface area (Å²) >= 11 is 1.18. The highest BCUT2D eigenvalue weighted by Gasteiger charge is 2.37. The van der Waals surface area contributed by atoms with Crippen LogP contribution in [-0.2, 0) is 19.1 Å². The van der Waals surface area contributed by atoms with Crippen molar-refractivity contribution < 1.29 is 23.5 Å². The van der Waals surface area contributed by atoms with Crippen LogP contribution in [0, 0.1) is 23.1 Å². The molecule has 0 unspecified atom stereocenters. The van der Waals surface area contributed by atoms with E-state index in [4.69, 9.17) is 10.00 Å². The quantitative estimate of drug-likeness (QED) is 0.794. The van der Waals surface area contributed by atoms with E-state index in [9.17, 15) is 18.8 Å². The first kappa shape index (κ1) is 18.5. The normalized spacial score (nSPS) is 16.1. The van der Waals surface area contributed by atoms with E-state index in [1.54, 1.807) is 17.5 Å². The third kappa shape index (κ3) is 4.12. The third-order valence-electron chi connectivity index (χ3n) is 3.99. The van der Waals surface area contributed by atoms with Gasteiger partial charge in [0.1, 0.15) is 16.9 Å². The number of carbonyl (C=O) groups is 3. The fourth-order valence-corrected chi connectivity index (χ4v) is 3.43. The highest BCUT2D eigenvalue weighted by atomic mass is 32.1. The molecule has 1 fully saturated rings. The molecule has 0 aliphatic carbocycles. The first-order chi connectivity index (χ1) is 13.0. The lowest BCUT2D eigenvalue weighted by Crippen LogP contribution is -2.28. The van der Waals surface area contributed by atoms with Crippen LogP contribution in [0.25, 0.3) is 0 Å². The Morgan fingerprint density at radius 2 is 2.15 bits per heavy atom. The average molecular weight is 387 g/mol. The second-order valence-corrected chi connectivity index (χ2v) is 6.70. The molecule has 1 aromatic carbocycles. The lowest BCUT2D eigenvalue weighted by molar-refractivity contribution is -0.151. The van der Waals surface area contributed by atoms with E-state index >= 15 is 0 Å². The molecule has 2 heterocycles. The minimum Gasteiger partial charge on any atom is -0.455 e. The van der Waals surface area contributed by atoms with Crippen LogP contribution >= 0.6 is 11.3 Å². The van der Waals surface area contributed by atoms with E-state index < -0.39 is 30.2 Å². The highest BCUT2D eigenvalue weighted by molar-refractivity contribution is 7.14. The Bertz CT molecular complexity index is 937. The van der Waals surface area contributed by atoms with E-state index in [1.165, 1.54) is 34.4 Å². The first-order valence-electron chi connectivity index (χ1n) is 7.98. The number of halogens is 1. The van der Waals surface area contributed by atoms with Crippen LogP contribution in [0.4, 0.5) is 15.1 Å². The molecule has 1 aliphatic heterocycles. The lowest BCUT2D eigenvalue weighted by Gasteiger charge is -2.17. The Hall–Kier alpha value is -3.25. The van der Waals surface area contributed by atoms with Crippen molar-refractivity contribution in [2.75, 3.05) is 23.4 Å². The number of nitrogens with zero attached hydrogens (tertiary/aromatic N) is 2. The second kappa shape index (κ2) is 7.97. The van der Waals surface area contributed by atoms with Crippen LogP contribution in [0.5, 0.6) is 0 Å². The molecule has 1 N–H and O–H groups in total. The summed E-state index contributed by atoms with van der Waals surface area (Å²) in [6, 6.07) is 9.30. The van der Waals surface area contributed by atoms with Crippen molar-refractivity contribution >= 4 is 39.8 Å². The summed E-state index contributed by atoms with van der Waals surface area (Å²) in [4.78, 5) is 37.3. The Morgan fingerprint density at radius 1 is 1.37 bits per heavy atom. The van der Waals surface area contributed by atoms with Crippen molar-refractivity contribution in [3.05, 3.63) is 47.1 Å². The van der Waals surface area contributed by atoms with Gasteiger partial charge in [-0.3, -0.25) is 14.4 Å². The molecule has 138 valence electrons. The van der Waals surface area contributed by atoms with Crippen LogP contribution < -0.4 is 10.2 Å². The summed E-state index contributed by atoms with van der Waals surface area (Å²) < 4.78 is 18.8. The van der Waals surface area contributed by atoms with E-state index in [-0.39, 0.29) is 24.6 Å². The summed E-state index contributed by atoms with van der Waals surface area (Å²) in [5, 5.41) is 13.4. The van der Waals surface area contributed by atoms with Gasteiger partial charge < -0.3 is 15.0 Å². The Morgan fingerprint density at radius 3 is 2.89 bits per heavy atom. The number of hydrogen-bond donors (Lipinski definition) is 1. The van der Waals surface area contributed by atoms with Gasteiger partial charge in [0.15, 0.2) is 6.61 Å². The van der Waals surface area contributed by atoms with Gasteiger partial charge in [-0.1, -0.05) is 12.1 Å². The summed E-state index contributed by atoms with van der Waals surface area (Å²) in [7, 11) is 0. The van der Waals surface area contributed by atoms with Crippen LogP contribution in [0.1, 0.15) is 12.0 Å². The SMILES string of the molecule is N#Cc1ccsc1NC(=O)COC(=O)[C@H]1CC(=O)N(c2ccccc2F)C1. The van der Waals surface area contributed by atoms with Gasteiger partial charge >= 0.3 is 5.97 Å². The van der Waals surface area contributed by atoms with E-state index in [2.05, 4.69) is 5.32 Å². The molecule has 1 aromatic heterocycles. The van der Waals surface area contributed by atoms with Crippen molar-refractivity contribution in [2.24, 2.45) is 5.92 Å².